The number of hydrogen-bond acceptors (Lipinski definition) is 4. The molecule has 1 aromatic heterocycles. The Kier molecular flexibility index (Phi) is 8.70. The second kappa shape index (κ2) is 11.0. The van der Waals surface area contributed by atoms with E-state index in [2.05, 4.69) is 21.5 Å². The molecule has 1 heterocycles. The number of guanidine groups is 1. The number of aliphatic imine (C=N–C) groups is 1. The molecule has 0 atom stereocenters. The highest BCUT2D eigenvalue weighted by Crippen LogP contribution is 2.22. The van der Waals surface area contributed by atoms with Crippen LogP contribution in [0.2, 0.25) is 0 Å². The summed E-state index contributed by atoms with van der Waals surface area (Å²) in [4.78, 5) is 4.38. The largest absolute Gasteiger partial charge is 0.382 e. The number of rotatable bonds is 6. The predicted molar refractivity (Wildman–Crippen MR) is 123 cm³/mol. The van der Waals surface area contributed by atoms with Crippen LogP contribution in [-0.2, 0) is 6.42 Å². The number of halogens is 2. The average Bonchev–Trinajstić information content (AvgIpc) is 3.02. The van der Waals surface area contributed by atoms with Crippen LogP contribution in [0.3, 0.4) is 0 Å². The maximum absolute atomic E-state index is 13.1. The van der Waals surface area contributed by atoms with E-state index in [9.17, 15) is 9.65 Å². The lowest BCUT2D eigenvalue weighted by Gasteiger charge is -2.23. The van der Waals surface area contributed by atoms with Crippen molar-refractivity contribution in [3.05, 3.63) is 41.3 Å². The van der Waals surface area contributed by atoms with Gasteiger partial charge in [0.25, 0.3) is 0 Å². The zero-order valence-electron chi connectivity index (χ0n) is 16.3. The van der Waals surface area contributed by atoms with Gasteiger partial charge in [0.1, 0.15) is 23.3 Å². The van der Waals surface area contributed by atoms with Gasteiger partial charge >= 0.3 is 0 Å². The second-order valence-electron chi connectivity index (χ2n) is 7.06. The molecule has 0 aliphatic heterocycles. The minimum absolute atomic E-state index is 0. The Labute approximate surface area is 187 Å². The molecule has 7 nitrogen and oxygen atoms in total. The van der Waals surface area contributed by atoms with Crippen LogP contribution < -0.4 is 16.8 Å². The van der Waals surface area contributed by atoms with Gasteiger partial charge < -0.3 is 16.8 Å². The minimum atomic E-state index is -0.340. The van der Waals surface area contributed by atoms with Crippen LogP contribution in [0.1, 0.15) is 49.8 Å². The normalized spacial score (nSPS) is 14.8. The molecule has 1 aromatic carbocycles. The van der Waals surface area contributed by atoms with Gasteiger partial charge in [-0.2, -0.15) is 10.4 Å². The second-order valence-corrected chi connectivity index (χ2v) is 7.06. The molecule has 0 radical (unpaired) electrons. The zero-order valence-corrected chi connectivity index (χ0v) is 18.6. The first kappa shape index (κ1) is 22.9. The maximum atomic E-state index is 13.1. The number of nitrogens with two attached hydrogens (primary N) is 2. The van der Waals surface area contributed by atoms with Gasteiger partial charge in [0.15, 0.2) is 5.96 Å². The number of nitrogen functional groups attached to an aromatic ring is 1. The third-order valence-corrected chi connectivity index (χ3v) is 4.99. The topological polar surface area (TPSA) is 118 Å². The van der Waals surface area contributed by atoms with Crippen molar-refractivity contribution in [2.45, 2.75) is 51.0 Å². The molecule has 9 heteroatoms. The average molecular weight is 511 g/mol. The van der Waals surface area contributed by atoms with E-state index in [1.165, 1.54) is 36.1 Å². The first-order valence-corrected chi connectivity index (χ1v) is 9.68. The van der Waals surface area contributed by atoms with E-state index in [4.69, 9.17) is 11.5 Å². The molecule has 29 heavy (non-hydrogen) atoms. The molecule has 0 unspecified atom stereocenters. The standard InChI is InChI=1S/C20H26FN7.HI/c21-14-8-10-16(11-9-14)28-19(23)17(13-22)18(27-28)7-4-12-25-20(24)26-15-5-2-1-3-6-15;/h8-11,15H,1-7,12,23H2,(H3,24,25,26);1H. The zero-order chi connectivity index (χ0) is 19.9. The number of hydrogen-bond donors (Lipinski definition) is 3. The Hall–Kier alpha value is -2.35. The van der Waals surface area contributed by atoms with Crippen LogP contribution in [0.4, 0.5) is 10.2 Å². The van der Waals surface area contributed by atoms with Crippen molar-refractivity contribution < 1.29 is 4.39 Å². The lowest BCUT2D eigenvalue weighted by atomic mass is 9.96. The van der Waals surface area contributed by atoms with Crippen LogP contribution in [0.15, 0.2) is 29.3 Å². The Morgan fingerprint density at radius 1 is 1.28 bits per heavy atom. The van der Waals surface area contributed by atoms with Gasteiger partial charge in [-0.25, -0.2) is 9.07 Å². The van der Waals surface area contributed by atoms with Gasteiger partial charge in [-0.3, -0.25) is 4.99 Å². The summed E-state index contributed by atoms with van der Waals surface area (Å²) >= 11 is 0. The Morgan fingerprint density at radius 2 is 1.97 bits per heavy atom. The van der Waals surface area contributed by atoms with E-state index >= 15 is 0 Å². The number of benzene rings is 1. The highest BCUT2D eigenvalue weighted by molar-refractivity contribution is 14.0. The molecule has 1 saturated carbocycles. The number of nitrogens with one attached hydrogen (secondary N) is 1. The number of anilines is 1. The van der Waals surface area contributed by atoms with Crippen LogP contribution in [0.25, 0.3) is 5.69 Å². The van der Waals surface area contributed by atoms with E-state index in [1.807, 2.05) is 0 Å². The first-order chi connectivity index (χ1) is 13.6. The predicted octanol–water partition coefficient (Wildman–Crippen LogP) is 3.25. The van der Waals surface area contributed by atoms with E-state index in [0.717, 1.165) is 12.8 Å². The smallest absolute Gasteiger partial charge is 0.188 e. The monoisotopic (exact) mass is 511 g/mol. The summed E-state index contributed by atoms with van der Waals surface area (Å²) in [5.41, 5.74) is 13.6. The highest BCUT2D eigenvalue weighted by atomic mass is 127. The molecule has 1 fully saturated rings. The van der Waals surface area contributed by atoms with Gasteiger partial charge in [-0.05, 0) is 49.9 Å². The summed E-state index contributed by atoms with van der Waals surface area (Å²) in [6.45, 7) is 0.541. The number of nitrogens with zero attached hydrogens (tertiary/aromatic N) is 4. The fourth-order valence-electron chi connectivity index (χ4n) is 3.50. The fraction of sp³-hybridized carbons (Fsp3) is 0.450. The molecule has 1 aliphatic rings. The Morgan fingerprint density at radius 3 is 2.62 bits per heavy atom. The molecular weight excluding hydrogens is 484 g/mol. The van der Waals surface area contributed by atoms with Gasteiger partial charge in [-0.15, -0.1) is 24.0 Å². The fourth-order valence-corrected chi connectivity index (χ4v) is 3.50. The van der Waals surface area contributed by atoms with E-state index < -0.39 is 0 Å². The number of aryl methyl sites for hydroxylation is 1. The minimum Gasteiger partial charge on any atom is -0.382 e. The van der Waals surface area contributed by atoms with Crippen molar-refractivity contribution in [1.82, 2.24) is 15.1 Å². The van der Waals surface area contributed by atoms with E-state index in [0.29, 0.717) is 48.3 Å². The van der Waals surface area contributed by atoms with Crippen molar-refractivity contribution in [3.8, 4) is 11.8 Å². The number of aromatic nitrogens is 2. The lowest BCUT2D eigenvalue weighted by molar-refractivity contribution is 0.412. The van der Waals surface area contributed by atoms with Gasteiger partial charge in [0.05, 0.1) is 11.4 Å². The molecule has 1 aliphatic carbocycles. The molecule has 0 spiro atoms. The van der Waals surface area contributed by atoms with E-state index in [1.54, 1.807) is 12.1 Å². The third kappa shape index (κ3) is 6.06. The number of nitriles is 1. The molecule has 5 N–H and O–H groups in total. The molecule has 2 aromatic rings. The van der Waals surface area contributed by atoms with Crippen LogP contribution >= 0.6 is 24.0 Å². The summed E-state index contributed by atoms with van der Waals surface area (Å²) in [5, 5.41) is 17.2. The molecule has 0 bridgehead atoms. The quantitative estimate of drug-likeness (QED) is 0.238. The van der Waals surface area contributed by atoms with Crippen LogP contribution in [-0.4, -0.2) is 28.3 Å². The summed E-state index contributed by atoms with van der Waals surface area (Å²) in [5.74, 6) is 0.391. The third-order valence-electron chi connectivity index (χ3n) is 4.99. The SMILES string of the molecule is I.N#Cc1c(CCCN=C(N)NC2CCCCC2)nn(-c2ccc(F)cc2)c1N. The van der Waals surface area contributed by atoms with Gasteiger partial charge in [0.2, 0.25) is 0 Å². The van der Waals surface area contributed by atoms with Crippen molar-refractivity contribution in [3.63, 3.8) is 0 Å². The Balaban J connectivity index is 0.00000300. The van der Waals surface area contributed by atoms with E-state index in [-0.39, 0.29) is 35.6 Å². The summed E-state index contributed by atoms with van der Waals surface area (Å²) in [7, 11) is 0. The molecule has 156 valence electrons. The van der Waals surface area contributed by atoms with Crippen molar-refractivity contribution >= 4 is 35.8 Å². The van der Waals surface area contributed by atoms with Crippen LogP contribution in [0, 0.1) is 17.1 Å². The first-order valence-electron chi connectivity index (χ1n) is 9.68. The highest BCUT2D eigenvalue weighted by Gasteiger charge is 2.16. The van der Waals surface area contributed by atoms with Gasteiger partial charge in [0, 0.05) is 12.6 Å². The Bertz CT molecular complexity index is 864. The van der Waals surface area contributed by atoms with Crippen molar-refractivity contribution in [1.29, 1.82) is 5.26 Å². The molecular formula is C20H27FIN7. The molecule has 3 rings (SSSR count). The molecule has 0 amide bonds. The van der Waals surface area contributed by atoms with Crippen LogP contribution in [0.5, 0.6) is 0 Å². The summed E-state index contributed by atoms with van der Waals surface area (Å²) < 4.78 is 14.6. The summed E-state index contributed by atoms with van der Waals surface area (Å²) in [6.07, 6.45) is 7.30. The van der Waals surface area contributed by atoms with Gasteiger partial charge in [-0.1, -0.05) is 19.3 Å². The maximum Gasteiger partial charge on any atom is 0.188 e. The molecule has 0 saturated heterocycles. The lowest BCUT2D eigenvalue weighted by Crippen LogP contribution is -2.41. The summed E-state index contributed by atoms with van der Waals surface area (Å²) in [6, 6.07) is 8.35. The van der Waals surface area contributed by atoms with Crippen molar-refractivity contribution in [2.24, 2.45) is 10.7 Å². The van der Waals surface area contributed by atoms with Crippen molar-refractivity contribution in [2.75, 3.05) is 12.3 Å².